The quantitative estimate of drug-likeness (QED) is 0.397. The third kappa shape index (κ3) is 4.85. The Labute approximate surface area is 222 Å². The predicted octanol–water partition coefficient (Wildman–Crippen LogP) is 4.88. The van der Waals surface area contributed by atoms with Crippen LogP contribution in [0.25, 0.3) is 22.3 Å². The zero-order valence-electron chi connectivity index (χ0n) is 22.0. The third-order valence-corrected chi connectivity index (χ3v) is 7.11. The molecule has 2 aromatic carbocycles. The van der Waals surface area contributed by atoms with Gasteiger partial charge in [0.1, 0.15) is 23.5 Å². The van der Waals surface area contributed by atoms with E-state index in [1.807, 2.05) is 54.3 Å². The van der Waals surface area contributed by atoms with E-state index in [-0.39, 0.29) is 12.1 Å². The summed E-state index contributed by atoms with van der Waals surface area (Å²) in [5.41, 5.74) is 3.81. The Morgan fingerprint density at radius 3 is 2.66 bits per heavy atom. The van der Waals surface area contributed by atoms with Crippen LogP contribution >= 0.6 is 0 Å². The lowest BCUT2D eigenvalue weighted by Gasteiger charge is -2.47. The van der Waals surface area contributed by atoms with Gasteiger partial charge in [0.2, 0.25) is 0 Å². The lowest BCUT2D eigenvalue weighted by Crippen LogP contribution is -2.63. The van der Waals surface area contributed by atoms with E-state index in [9.17, 15) is 4.79 Å². The van der Waals surface area contributed by atoms with Gasteiger partial charge in [-0.05, 0) is 62.2 Å². The van der Waals surface area contributed by atoms with Gasteiger partial charge in [-0.2, -0.15) is 5.26 Å². The number of anilines is 1. The normalized spacial score (nSPS) is 15.7. The van der Waals surface area contributed by atoms with E-state index in [0.29, 0.717) is 25.2 Å². The zero-order chi connectivity index (χ0) is 26.9. The van der Waals surface area contributed by atoms with Gasteiger partial charge < -0.3 is 24.8 Å². The average molecular weight is 510 g/mol. The minimum Gasteiger partial charge on any atom is -0.497 e. The number of aromatic amines is 1. The molecule has 1 unspecified atom stereocenters. The van der Waals surface area contributed by atoms with Crippen LogP contribution in [0.2, 0.25) is 0 Å². The van der Waals surface area contributed by atoms with E-state index in [4.69, 9.17) is 10.00 Å². The fourth-order valence-corrected chi connectivity index (χ4v) is 5.03. The van der Waals surface area contributed by atoms with Crippen LogP contribution in [0.3, 0.4) is 0 Å². The first kappa shape index (κ1) is 25.1. The van der Waals surface area contributed by atoms with Crippen molar-refractivity contribution in [2.75, 3.05) is 31.6 Å². The number of carbonyl (C=O) groups is 1. The van der Waals surface area contributed by atoms with Crippen LogP contribution in [0.4, 0.5) is 10.6 Å². The maximum absolute atomic E-state index is 13.3. The lowest BCUT2D eigenvalue weighted by atomic mass is 9.98. The molecule has 0 aliphatic carbocycles. The number of nitrogens with zero attached hydrogens (tertiary/aromatic N) is 5. The molecule has 1 aliphatic heterocycles. The standard InChI is InChI=1S/C29H31N7O2/c1-19(22-6-5-7-23(14-22)38-4)33-28(37)36-13-12-35(17-29(36,2)3)27-24-15-25(34-26(24)31-18-32-27)21-10-8-20(16-30)9-11-21/h5-11,14-15,18-19H,12-13,17H2,1-4H3,(H,33,37)(H,31,32,34). The number of amides is 2. The fraction of sp³-hybridized carbons (Fsp3) is 0.310. The number of ether oxygens (including phenoxy) is 1. The van der Waals surface area contributed by atoms with Gasteiger partial charge in [0.15, 0.2) is 0 Å². The van der Waals surface area contributed by atoms with E-state index in [2.05, 4.69) is 45.1 Å². The van der Waals surface area contributed by atoms with Crippen molar-refractivity contribution in [1.82, 2.24) is 25.2 Å². The molecule has 5 rings (SSSR count). The van der Waals surface area contributed by atoms with Gasteiger partial charge in [-0.25, -0.2) is 14.8 Å². The van der Waals surface area contributed by atoms with Crippen LogP contribution in [-0.4, -0.2) is 58.2 Å². The van der Waals surface area contributed by atoms with Crippen molar-refractivity contribution >= 4 is 22.9 Å². The monoisotopic (exact) mass is 509 g/mol. The summed E-state index contributed by atoms with van der Waals surface area (Å²) in [6.45, 7) is 7.96. The summed E-state index contributed by atoms with van der Waals surface area (Å²) in [4.78, 5) is 29.9. The highest BCUT2D eigenvalue weighted by atomic mass is 16.5. The molecule has 2 N–H and O–H groups in total. The summed E-state index contributed by atoms with van der Waals surface area (Å²) < 4.78 is 5.33. The second kappa shape index (κ2) is 10.1. The first-order chi connectivity index (χ1) is 18.3. The first-order valence-electron chi connectivity index (χ1n) is 12.6. The average Bonchev–Trinajstić information content (AvgIpc) is 3.37. The molecule has 0 bridgehead atoms. The number of H-pyrrole nitrogens is 1. The third-order valence-electron chi connectivity index (χ3n) is 7.11. The highest BCUT2D eigenvalue weighted by Gasteiger charge is 2.38. The zero-order valence-corrected chi connectivity index (χ0v) is 22.0. The van der Waals surface area contributed by atoms with Crippen LogP contribution in [0.15, 0.2) is 60.9 Å². The number of benzene rings is 2. The van der Waals surface area contributed by atoms with Crippen molar-refractivity contribution in [1.29, 1.82) is 5.26 Å². The molecule has 2 amide bonds. The summed E-state index contributed by atoms with van der Waals surface area (Å²) in [7, 11) is 1.64. The molecule has 9 nitrogen and oxygen atoms in total. The Hall–Kier alpha value is -4.58. The van der Waals surface area contributed by atoms with Gasteiger partial charge in [0, 0.05) is 25.3 Å². The molecule has 1 aliphatic rings. The van der Waals surface area contributed by atoms with Gasteiger partial charge in [-0.1, -0.05) is 24.3 Å². The Kier molecular flexibility index (Phi) is 6.64. The van der Waals surface area contributed by atoms with Gasteiger partial charge in [0.05, 0.1) is 35.7 Å². The molecule has 38 heavy (non-hydrogen) atoms. The van der Waals surface area contributed by atoms with Crippen LogP contribution < -0.4 is 15.0 Å². The summed E-state index contributed by atoms with van der Waals surface area (Å²) >= 11 is 0. The van der Waals surface area contributed by atoms with Crippen LogP contribution in [0, 0.1) is 11.3 Å². The van der Waals surface area contributed by atoms with Crippen molar-refractivity contribution in [2.24, 2.45) is 0 Å². The largest absolute Gasteiger partial charge is 0.497 e. The van der Waals surface area contributed by atoms with E-state index in [1.165, 1.54) is 0 Å². The second-order valence-electron chi connectivity index (χ2n) is 10.2. The van der Waals surface area contributed by atoms with Crippen molar-refractivity contribution in [2.45, 2.75) is 32.4 Å². The first-order valence-corrected chi connectivity index (χ1v) is 12.6. The van der Waals surface area contributed by atoms with Gasteiger partial charge >= 0.3 is 6.03 Å². The maximum atomic E-state index is 13.3. The topological polar surface area (TPSA) is 110 Å². The van der Waals surface area contributed by atoms with Crippen molar-refractivity contribution < 1.29 is 9.53 Å². The molecule has 4 aromatic rings. The molecule has 3 heterocycles. The Morgan fingerprint density at radius 2 is 1.95 bits per heavy atom. The minimum absolute atomic E-state index is 0.0949. The summed E-state index contributed by atoms with van der Waals surface area (Å²) in [5.74, 6) is 1.60. The van der Waals surface area contributed by atoms with E-state index in [1.54, 1.807) is 25.6 Å². The summed E-state index contributed by atoms with van der Waals surface area (Å²) in [5, 5.41) is 13.2. The second-order valence-corrected chi connectivity index (χ2v) is 10.2. The summed E-state index contributed by atoms with van der Waals surface area (Å²) in [6, 6.07) is 19.1. The Bertz CT molecular complexity index is 1500. The van der Waals surface area contributed by atoms with Crippen LogP contribution in [-0.2, 0) is 0 Å². The number of carbonyl (C=O) groups excluding carboxylic acids is 1. The molecule has 2 aromatic heterocycles. The Morgan fingerprint density at radius 1 is 1.16 bits per heavy atom. The van der Waals surface area contributed by atoms with Crippen LogP contribution in [0.1, 0.15) is 37.9 Å². The van der Waals surface area contributed by atoms with E-state index in [0.717, 1.165) is 39.4 Å². The predicted molar refractivity (Wildman–Crippen MR) is 147 cm³/mol. The number of urea groups is 1. The molecular formula is C29H31N7O2. The van der Waals surface area contributed by atoms with Crippen molar-refractivity contribution in [3.8, 4) is 23.1 Å². The molecule has 1 atom stereocenters. The SMILES string of the molecule is COc1cccc(C(C)NC(=O)N2CCN(c3ncnc4[nH]c(-c5ccc(C#N)cc5)cc34)CC2(C)C)c1. The number of fused-ring (bicyclic) bond motifs is 1. The maximum Gasteiger partial charge on any atom is 0.318 e. The minimum atomic E-state index is -0.431. The molecule has 1 fully saturated rings. The highest BCUT2D eigenvalue weighted by molar-refractivity contribution is 5.92. The lowest BCUT2D eigenvalue weighted by molar-refractivity contribution is 0.121. The number of piperazine rings is 1. The smallest absolute Gasteiger partial charge is 0.318 e. The number of methoxy groups -OCH3 is 1. The highest BCUT2D eigenvalue weighted by Crippen LogP contribution is 2.32. The van der Waals surface area contributed by atoms with E-state index >= 15 is 0 Å². The number of nitriles is 1. The molecule has 9 heteroatoms. The molecule has 194 valence electrons. The van der Waals surface area contributed by atoms with Gasteiger partial charge in [-0.15, -0.1) is 0 Å². The van der Waals surface area contributed by atoms with Crippen molar-refractivity contribution in [3.63, 3.8) is 0 Å². The van der Waals surface area contributed by atoms with Gasteiger partial charge in [0.25, 0.3) is 0 Å². The number of aromatic nitrogens is 3. The fourth-order valence-electron chi connectivity index (χ4n) is 5.03. The number of hydrogen-bond acceptors (Lipinski definition) is 6. The van der Waals surface area contributed by atoms with E-state index < -0.39 is 5.54 Å². The molecular weight excluding hydrogens is 478 g/mol. The Balaban J connectivity index is 1.33. The summed E-state index contributed by atoms with van der Waals surface area (Å²) in [6.07, 6.45) is 1.57. The molecule has 0 radical (unpaired) electrons. The molecule has 1 saturated heterocycles. The van der Waals surface area contributed by atoms with Gasteiger partial charge in [-0.3, -0.25) is 0 Å². The number of hydrogen-bond donors (Lipinski definition) is 2. The number of nitrogens with one attached hydrogen (secondary N) is 2. The number of rotatable bonds is 5. The van der Waals surface area contributed by atoms with Crippen LogP contribution in [0.5, 0.6) is 5.75 Å². The molecule has 0 saturated carbocycles. The molecule has 0 spiro atoms. The van der Waals surface area contributed by atoms with Crippen molar-refractivity contribution in [3.05, 3.63) is 72.1 Å².